The molecule has 0 amide bonds. The van der Waals surface area contributed by atoms with Gasteiger partial charge in [0.05, 0.1) is 13.0 Å². The van der Waals surface area contributed by atoms with E-state index in [-0.39, 0.29) is 6.42 Å². The van der Waals surface area contributed by atoms with Crippen molar-refractivity contribution in [3.05, 3.63) is 65.2 Å². The first-order chi connectivity index (χ1) is 11.1. The summed E-state index contributed by atoms with van der Waals surface area (Å²) < 4.78 is 5.81. The molecule has 23 heavy (non-hydrogen) atoms. The normalized spacial score (nSPS) is 10.5. The molecule has 0 bridgehead atoms. The summed E-state index contributed by atoms with van der Waals surface area (Å²) in [5.41, 5.74) is 3.62. The average molecular weight is 313 g/mol. The van der Waals surface area contributed by atoms with E-state index in [1.807, 2.05) is 24.3 Å². The van der Waals surface area contributed by atoms with Gasteiger partial charge >= 0.3 is 5.97 Å². The van der Waals surface area contributed by atoms with Gasteiger partial charge in [0.2, 0.25) is 0 Å². The highest BCUT2D eigenvalue weighted by Gasteiger charge is 2.00. The van der Waals surface area contributed by atoms with Crippen LogP contribution in [-0.2, 0) is 17.8 Å². The molecule has 2 N–H and O–H groups in total. The summed E-state index contributed by atoms with van der Waals surface area (Å²) >= 11 is 0. The van der Waals surface area contributed by atoms with Crippen molar-refractivity contribution in [2.24, 2.45) is 0 Å². The molecule has 0 unspecified atom stereocenters. The summed E-state index contributed by atoms with van der Waals surface area (Å²) in [5, 5.41) is 11.7. The Bertz CT molecular complexity index is 640. The zero-order valence-corrected chi connectivity index (χ0v) is 13.4. The zero-order valence-electron chi connectivity index (χ0n) is 13.4. The fourth-order valence-electron chi connectivity index (χ4n) is 2.33. The van der Waals surface area contributed by atoms with Crippen LogP contribution in [0.2, 0.25) is 0 Å². The third-order valence-corrected chi connectivity index (χ3v) is 3.49. The fourth-order valence-corrected chi connectivity index (χ4v) is 2.33. The molecule has 0 atom stereocenters. The van der Waals surface area contributed by atoms with Crippen LogP contribution in [0.1, 0.15) is 23.1 Å². The molecule has 0 saturated carbocycles. The number of hydrogen-bond acceptors (Lipinski definition) is 3. The monoisotopic (exact) mass is 313 g/mol. The second kappa shape index (κ2) is 8.96. The molecule has 122 valence electrons. The van der Waals surface area contributed by atoms with Crippen LogP contribution in [0.4, 0.5) is 0 Å². The van der Waals surface area contributed by atoms with Crippen molar-refractivity contribution in [1.29, 1.82) is 0 Å². The summed E-state index contributed by atoms with van der Waals surface area (Å²) in [5.74, 6) is 0.0564. The number of hydrogen-bond donors (Lipinski definition) is 2. The van der Waals surface area contributed by atoms with E-state index in [0.29, 0.717) is 19.7 Å². The minimum absolute atomic E-state index is 0.132. The third kappa shape index (κ3) is 6.53. The van der Waals surface area contributed by atoms with Crippen molar-refractivity contribution in [2.45, 2.75) is 26.3 Å². The molecule has 0 saturated heterocycles. The van der Waals surface area contributed by atoms with E-state index in [1.165, 1.54) is 11.1 Å². The van der Waals surface area contributed by atoms with Crippen molar-refractivity contribution >= 4 is 5.97 Å². The van der Waals surface area contributed by atoms with Crippen molar-refractivity contribution in [3.63, 3.8) is 0 Å². The molecule has 0 aliphatic rings. The molecule has 4 nitrogen and oxygen atoms in total. The van der Waals surface area contributed by atoms with Gasteiger partial charge in [-0.15, -0.1) is 0 Å². The summed E-state index contributed by atoms with van der Waals surface area (Å²) in [6, 6.07) is 16.3. The van der Waals surface area contributed by atoms with E-state index < -0.39 is 5.97 Å². The molecule has 4 heteroatoms. The third-order valence-electron chi connectivity index (χ3n) is 3.49. The summed E-state index contributed by atoms with van der Waals surface area (Å²) in [6.07, 6.45) is 1.01. The molecule has 0 fully saturated rings. The molecule has 0 heterocycles. The van der Waals surface area contributed by atoms with Gasteiger partial charge in [0.15, 0.2) is 0 Å². The lowest BCUT2D eigenvalue weighted by Crippen LogP contribution is -2.17. The molecule has 2 rings (SSSR count). The maximum atomic E-state index is 10.5. The first-order valence-corrected chi connectivity index (χ1v) is 7.83. The molecule has 0 aliphatic carbocycles. The molecular formula is C19H23NO3. The maximum absolute atomic E-state index is 10.5. The molecule has 2 aromatic carbocycles. The molecule has 0 spiro atoms. The average Bonchev–Trinajstić information content (AvgIpc) is 2.52. The van der Waals surface area contributed by atoms with E-state index in [2.05, 4.69) is 36.5 Å². The van der Waals surface area contributed by atoms with E-state index in [4.69, 9.17) is 9.84 Å². The SMILES string of the molecule is Cc1cccc(CCOc2cccc(CNCCC(=O)O)c2)c1. The van der Waals surface area contributed by atoms with E-state index in [1.54, 1.807) is 0 Å². The second-order valence-electron chi connectivity index (χ2n) is 5.56. The molecular weight excluding hydrogens is 290 g/mol. The number of benzene rings is 2. The topological polar surface area (TPSA) is 58.6 Å². The van der Waals surface area contributed by atoms with Crippen LogP contribution >= 0.6 is 0 Å². The van der Waals surface area contributed by atoms with Gasteiger partial charge in [-0.05, 0) is 30.2 Å². The molecule has 2 aromatic rings. The fraction of sp³-hybridized carbons (Fsp3) is 0.316. The Morgan fingerprint density at radius 3 is 2.70 bits per heavy atom. The first-order valence-electron chi connectivity index (χ1n) is 7.83. The Balaban J connectivity index is 1.77. The Kier molecular flexibility index (Phi) is 6.63. The first kappa shape index (κ1) is 17.0. The lowest BCUT2D eigenvalue weighted by molar-refractivity contribution is -0.136. The van der Waals surface area contributed by atoms with Crippen LogP contribution in [-0.4, -0.2) is 24.2 Å². The number of nitrogens with one attached hydrogen (secondary N) is 1. The van der Waals surface area contributed by atoms with Crippen molar-refractivity contribution in [2.75, 3.05) is 13.2 Å². The molecule has 0 radical (unpaired) electrons. The minimum Gasteiger partial charge on any atom is -0.493 e. The van der Waals surface area contributed by atoms with E-state index in [9.17, 15) is 4.79 Å². The Labute approximate surface area is 137 Å². The number of carbonyl (C=O) groups is 1. The van der Waals surface area contributed by atoms with Crippen molar-refractivity contribution in [1.82, 2.24) is 5.32 Å². The van der Waals surface area contributed by atoms with Crippen LogP contribution in [0.15, 0.2) is 48.5 Å². The van der Waals surface area contributed by atoms with Gasteiger partial charge in [-0.2, -0.15) is 0 Å². The Morgan fingerprint density at radius 2 is 1.91 bits per heavy atom. The van der Waals surface area contributed by atoms with Gasteiger partial charge in [0.25, 0.3) is 0 Å². The number of aryl methyl sites for hydroxylation is 1. The molecule has 0 aliphatic heterocycles. The van der Waals surface area contributed by atoms with Crippen LogP contribution in [0.3, 0.4) is 0 Å². The van der Waals surface area contributed by atoms with E-state index >= 15 is 0 Å². The number of rotatable bonds is 9. The van der Waals surface area contributed by atoms with Gasteiger partial charge in [-0.1, -0.05) is 42.0 Å². The van der Waals surface area contributed by atoms with E-state index in [0.717, 1.165) is 17.7 Å². The van der Waals surface area contributed by atoms with Crippen LogP contribution in [0.25, 0.3) is 0 Å². The van der Waals surface area contributed by atoms with Gasteiger partial charge in [0.1, 0.15) is 5.75 Å². The summed E-state index contributed by atoms with van der Waals surface area (Å²) in [6.45, 7) is 3.83. The number of ether oxygens (including phenoxy) is 1. The second-order valence-corrected chi connectivity index (χ2v) is 5.56. The molecule has 0 aromatic heterocycles. The standard InChI is InChI=1S/C19H23NO3/c1-15-4-2-5-16(12-15)9-11-23-18-7-3-6-17(13-18)14-20-10-8-19(21)22/h2-7,12-13,20H,8-11,14H2,1H3,(H,21,22). The zero-order chi connectivity index (χ0) is 16.5. The summed E-state index contributed by atoms with van der Waals surface area (Å²) in [4.78, 5) is 10.5. The van der Waals surface area contributed by atoms with Gasteiger partial charge in [-0.25, -0.2) is 0 Å². The highest BCUT2D eigenvalue weighted by atomic mass is 16.5. The minimum atomic E-state index is -0.786. The summed E-state index contributed by atoms with van der Waals surface area (Å²) in [7, 11) is 0. The predicted molar refractivity (Wildman–Crippen MR) is 90.8 cm³/mol. The highest BCUT2D eigenvalue weighted by molar-refractivity contribution is 5.66. The Hall–Kier alpha value is -2.33. The number of carboxylic acid groups (broad SMARTS) is 1. The van der Waals surface area contributed by atoms with Gasteiger partial charge < -0.3 is 15.2 Å². The lowest BCUT2D eigenvalue weighted by Gasteiger charge is -2.09. The van der Waals surface area contributed by atoms with Crippen LogP contribution in [0.5, 0.6) is 5.75 Å². The van der Waals surface area contributed by atoms with Crippen molar-refractivity contribution < 1.29 is 14.6 Å². The van der Waals surface area contributed by atoms with Crippen LogP contribution < -0.4 is 10.1 Å². The smallest absolute Gasteiger partial charge is 0.304 e. The number of carboxylic acids is 1. The van der Waals surface area contributed by atoms with Gasteiger partial charge in [0, 0.05) is 19.5 Å². The van der Waals surface area contributed by atoms with Crippen molar-refractivity contribution in [3.8, 4) is 5.75 Å². The largest absolute Gasteiger partial charge is 0.493 e. The predicted octanol–water partition coefficient (Wildman–Crippen LogP) is 3.18. The maximum Gasteiger partial charge on any atom is 0.304 e. The highest BCUT2D eigenvalue weighted by Crippen LogP contribution is 2.14. The quantitative estimate of drug-likeness (QED) is 0.698. The number of aliphatic carboxylic acids is 1. The lowest BCUT2D eigenvalue weighted by atomic mass is 10.1. The van der Waals surface area contributed by atoms with Gasteiger partial charge in [-0.3, -0.25) is 4.79 Å². The van der Waals surface area contributed by atoms with Crippen LogP contribution in [0, 0.1) is 6.92 Å². The Morgan fingerprint density at radius 1 is 1.13 bits per heavy atom.